The van der Waals surface area contributed by atoms with Crippen molar-refractivity contribution in [2.24, 2.45) is 23.7 Å². The van der Waals surface area contributed by atoms with E-state index in [2.05, 4.69) is 6.92 Å². The van der Waals surface area contributed by atoms with E-state index in [-0.39, 0.29) is 0 Å². The highest BCUT2D eigenvalue weighted by Crippen LogP contribution is 2.37. The second-order valence-corrected chi connectivity index (χ2v) is 8.21. The minimum Gasteiger partial charge on any atom is -0.382 e. The van der Waals surface area contributed by atoms with Crippen molar-refractivity contribution in [3.63, 3.8) is 0 Å². The third kappa shape index (κ3) is 7.56. The van der Waals surface area contributed by atoms with E-state index < -0.39 is 0 Å². The van der Waals surface area contributed by atoms with Gasteiger partial charge in [-0.3, -0.25) is 0 Å². The lowest BCUT2D eigenvalue weighted by molar-refractivity contribution is 0.0391. The van der Waals surface area contributed by atoms with Gasteiger partial charge < -0.3 is 9.47 Å². The first-order chi connectivity index (χ1) is 11.3. The Labute approximate surface area is 144 Å². The largest absolute Gasteiger partial charge is 0.382 e. The van der Waals surface area contributed by atoms with Crippen LogP contribution in [0.4, 0.5) is 0 Å². The van der Waals surface area contributed by atoms with Gasteiger partial charge in [-0.25, -0.2) is 0 Å². The Bertz CT molecular complexity index is 276. The van der Waals surface area contributed by atoms with Crippen molar-refractivity contribution < 1.29 is 9.47 Å². The van der Waals surface area contributed by atoms with Gasteiger partial charge in [0.15, 0.2) is 0 Å². The summed E-state index contributed by atoms with van der Waals surface area (Å²) >= 11 is 0. The van der Waals surface area contributed by atoms with Crippen LogP contribution in [0.1, 0.15) is 84.0 Å². The number of methoxy groups -OCH3 is 1. The molecular formula is C21H40O2. The first kappa shape index (κ1) is 19.2. The van der Waals surface area contributed by atoms with Crippen LogP contribution in [0.15, 0.2) is 0 Å². The Morgan fingerprint density at radius 3 is 1.61 bits per heavy atom. The minimum absolute atomic E-state index is 0.732. The van der Waals surface area contributed by atoms with Crippen LogP contribution >= 0.6 is 0 Å². The molecule has 0 bridgehead atoms. The summed E-state index contributed by atoms with van der Waals surface area (Å²) in [5, 5.41) is 0. The highest BCUT2D eigenvalue weighted by atomic mass is 16.5. The van der Waals surface area contributed by atoms with Gasteiger partial charge in [0.2, 0.25) is 0 Å². The van der Waals surface area contributed by atoms with E-state index in [4.69, 9.17) is 9.47 Å². The second-order valence-electron chi connectivity index (χ2n) is 8.21. The van der Waals surface area contributed by atoms with E-state index in [0.717, 1.165) is 43.5 Å². The van der Waals surface area contributed by atoms with Crippen molar-refractivity contribution in [1.82, 2.24) is 0 Å². The molecule has 2 aliphatic rings. The van der Waals surface area contributed by atoms with E-state index in [1.807, 2.05) is 0 Å². The standard InChI is InChI=1S/C21H40O2/c1-3-4-18-5-7-19(8-6-18)9-10-20-11-13-21(14-12-20)17-23-16-15-22-2/h18-21H,3-17H2,1-2H3/t18-,19-,20-,21-. The van der Waals surface area contributed by atoms with Crippen LogP contribution in [0.25, 0.3) is 0 Å². The average Bonchev–Trinajstić information content (AvgIpc) is 2.59. The fourth-order valence-electron chi connectivity index (χ4n) is 4.77. The van der Waals surface area contributed by atoms with Gasteiger partial charge in [0.1, 0.15) is 0 Å². The lowest BCUT2D eigenvalue weighted by Crippen LogP contribution is -2.21. The van der Waals surface area contributed by atoms with Crippen LogP contribution in [-0.4, -0.2) is 26.9 Å². The lowest BCUT2D eigenvalue weighted by Gasteiger charge is -2.32. The molecule has 0 aromatic heterocycles. The summed E-state index contributed by atoms with van der Waals surface area (Å²) in [7, 11) is 1.74. The number of hydrogen-bond donors (Lipinski definition) is 0. The summed E-state index contributed by atoms with van der Waals surface area (Å²) in [5.41, 5.74) is 0. The molecule has 0 aromatic carbocycles. The van der Waals surface area contributed by atoms with Gasteiger partial charge in [0.05, 0.1) is 13.2 Å². The molecule has 0 heterocycles. The molecule has 0 saturated heterocycles. The zero-order valence-corrected chi connectivity index (χ0v) is 15.7. The van der Waals surface area contributed by atoms with E-state index in [1.165, 1.54) is 77.0 Å². The Morgan fingerprint density at radius 1 is 0.652 bits per heavy atom. The maximum Gasteiger partial charge on any atom is 0.0700 e. The summed E-state index contributed by atoms with van der Waals surface area (Å²) < 4.78 is 10.7. The highest BCUT2D eigenvalue weighted by Gasteiger charge is 2.24. The van der Waals surface area contributed by atoms with Gasteiger partial charge in [0, 0.05) is 13.7 Å². The van der Waals surface area contributed by atoms with Crippen molar-refractivity contribution in [1.29, 1.82) is 0 Å². The quantitative estimate of drug-likeness (QED) is 0.470. The smallest absolute Gasteiger partial charge is 0.0700 e. The summed E-state index contributed by atoms with van der Waals surface area (Å²) in [6.45, 7) is 4.79. The van der Waals surface area contributed by atoms with Crippen molar-refractivity contribution >= 4 is 0 Å². The SMILES string of the molecule is CCC[C@H]1CC[C@H](CC[C@H]2CC[C@H](COCCOC)CC2)CC1. The molecule has 23 heavy (non-hydrogen) atoms. The molecule has 0 atom stereocenters. The Hall–Kier alpha value is -0.0800. The van der Waals surface area contributed by atoms with Gasteiger partial charge in [-0.1, -0.05) is 71.1 Å². The molecule has 2 aliphatic carbocycles. The summed E-state index contributed by atoms with van der Waals surface area (Å²) in [4.78, 5) is 0. The predicted octanol–water partition coefficient (Wildman–Crippen LogP) is 5.84. The number of hydrogen-bond acceptors (Lipinski definition) is 2. The zero-order chi connectivity index (χ0) is 16.3. The fraction of sp³-hybridized carbons (Fsp3) is 1.00. The summed E-state index contributed by atoms with van der Waals surface area (Å²) in [6.07, 6.45) is 17.6. The molecule has 0 unspecified atom stereocenters. The number of ether oxygens (including phenoxy) is 2. The number of rotatable bonds is 10. The van der Waals surface area contributed by atoms with E-state index in [1.54, 1.807) is 7.11 Å². The molecule has 0 N–H and O–H groups in total. The molecule has 2 nitrogen and oxygen atoms in total. The second kappa shape index (κ2) is 11.5. The third-order valence-corrected chi connectivity index (χ3v) is 6.40. The first-order valence-corrected chi connectivity index (χ1v) is 10.4. The lowest BCUT2D eigenvalue weighted by atomic mass is 9.75. The molecule has 0 radical (unpaired) electrons. The van der Waals surface area contributed by atoms with Crippen LogP contribution in [0.2, 0.25) is 0 Å². The van der Waals surface area contributed by atoms with Crippen LogP contribution in [0.3, 0.4) is 0 Å². The molecule has 2 heteroatoms. The molecule has 0 aromatic rings. The van der Waals surface area contributed by atoms with Crippen LogP contribution in [0.5, 0.6) is 0 Å². The van der Waals surface area contributed by atoms with E-state index >= 15 is 0 Å². The van der Waals surface area contributed by atoms with Crippen LogP contribution in [0, 0.1) is 23.7 Å². The average molecular weight is 325 g/mol. The van der Waals surface area contributed by atoms with Gasteiger partial charge >= 0.3 is 0 Å². The summed E-state index contributed by atoms with van der Waals surface area (Å²) in [6, 6.07) is 0. The first-order valence-electron chi connectivity index (χ1n) is 10.4. The Morgan fingerprint density at radius 2 is 1.13 bits per heavy atom. The molecule has 2 saturated carbocycles. The summed E-state index contributed by atoms with van der Waals surface area (Å²) in [5.74, 6) is 3.94. The van der Waals surface area contributed by atoms with Gasteiger partial charge in [-0.05, 0) is 36.5 Å². The van der Waals surface area contributed by atoms with Crippen molar-refractivity contribution in [2.45, 2.75) is 84.0 Å². The maximum absolute atomic E-state index is 5.71. The Balaban J connectivity index is 1.50. The molecule has 0 aliphatic heterocycles. The van der Waals surface area contributed by atoms with Crippen molar-refractivity contribution in [2.75, 3.05) is 26.9 Å². The third-order valence-electron chi connectivity index (χ3n) is 6.40. The highest BCUT2D eigenvalue weighted by molar-refractivity contribution is 4.76. The molecular weight excluding hydrogens is 284 g/mol. The van der Waals surface area contributed by atoms with Gasteiger partial charge in [-0.15, -0.1) is 0 Å². The van der Waals surface area contributed by atoms with Gasteiger partial charge in [0.25, 0.3) is 0 Å². The zero-order valence-electron chi connectivity index (χ0n) is 15.7. The van der Waals surface area contributed by atoms with Crippen LogP contribution < -0.4 is 0 Å². The molecule has 0 amide bonds. The molecule has 2 fully saturated rings. The fourth-order valence-corrected chi connectivity index (χ4v) is 4.77. The molecule has 2 rings (SSSR count). The topological polar surface area (TPSA) is 18.5 Å². The van der Waals surface area contributed by atoms with Crippen LogP contribution in [-0.2, 0) is 9.47 Å². The molecule has 136 valence electrons. The van der Waals surface area contributed by atoms with E-state index in [9.17, 15) is 0 Å². The minimum atomic E-state index is 0.732. The maximum atomic E-state index is 5.71. The van der Waals surface area contributed by atoms with Crippen molar-refractivity contribution in [3.05, 3.63) is 0 Å². The Kier molecular flexibility index (Phi) is 9.60. The van der Waals surface area contributed by atoms with Crippen molar-refractivity contribution in [3.8, 4) is 0 Å². The molecule has 0 spiro atoms. The monoisotopic (exact) mass is 324 g/mol. The normalized spacial score (nSPS) is 32.1. The van der Waals surface area contributed by atoms with Gasteiger partial charge in [-0.2, -0.15) is 0 Å². The predicted molar refractivity (Wildman–Crippen MR) is 97.7 cm³/mol. The van der Waals surface area contributed by atoms with E-state index in [0.29, 0.717) is 0 Å².